The number of likely N-dealkylation sites (N-methyl/N-ethyl adjacent to an activating group) is 1. The summed E-state index contributed by atoms with van der Waals surface area (Å²) in [6, 6.07) is 0.691. The van der Waals surface area contributed by atoms with E-state index in [-0.39, 0.29) is 0 Å². The molecule has 0 aliphatic carbocycles. The number of thiophene rings is 1. The van der Waals surface area contributed by atoms with Gasteiger partial charge in [0.2, 0.25) is 6.41 Å². The van der Waals surface area contributed by atoms with Crippen molar-refractivity contribution in [3.63, 3.8) is 0 Å². The first kappa shape index (κ1) is 20.1. The van der Waals surface area contributed by atoms with E-state index in [4.69, 9.17) is 0 Å². The molecule has 0 aliphatic rings. The highest BCUT2D eigenvalue weighted by Crippen LogP contribution is 2.21. The Morgan fingerprint density at radius 1 is 1.24 bits per heavy atom. The molecule has 122 valence electrons. The SMILES string of the molecule is CC.CCCC(CCC)N(C)CCc1cscc1NC=O. The largest absolute Gasteiger partial charge is 0.328 e. The van der Waals surface area contributed by atoms with Crippen LogP contribution in [-0.2, 0) is 11.2 Å². The van der Waals surface area contributed by atoms with Crippen molar-refractivity contribution in [1.29, 1.82) is 0 Å². The lowest BCUT2D eigenvalue weighted by Gasteiger charge is -2.27. The molecule has 0 bridgehead atoms. The fraction of sp³-hybridized carbons (Fsp3) is 0.706. The summed E-state index contributed by atoms with van der Waals surface area (Å²) in [5.74, 6) is 0. The predicted molar refractivity (Wildman–Crippen MR) is 95.3 cm³/mol. The van der Waals surface area contributed by atoms with E-state index in [1.807, 2.05) is 19.2 Å². The van der Waals surface area contributed by atoms with E-state index in [0.717, 1.165) is 25.1 Å². The predicted octanol–water partition coefficient (Wildman–Crippen LogP) is 4.79. The van der Waals surface area contributed by atoms with E-state index in [1.54, 1.807) is 11.3 Å². The quantitative estimate of drug-likeness (QED) is 0.630. The van der Waals surface area contributed by atoms with Gasteiger partial charge in [0.25, 0.3) is 0 Å². The summed E-state index contributed by atoms with van der Waals surface area (Å²) in [5.41, 5.74) is 2.21. The highest BCUT2D eigenvalue weighted by molar-refractivity contribution is 7.08. The molecule has 1 amide bonds. The normalized spacial score (nSPS) is 10.4. The highest BCUT2D eigenvalue weighted by Gasteiger charge is 2.13. The number of carbonyl (C=O) groups is 1. The summed E-state index contributed by atoms with van der Waals surface area (Å²) in [6.07, 6.45) is 6.78. The number of nitrogens with zero attached hydrogens (tertiary/aromatic N) is 1. The van der Waals surface area contributed by atoms with Gasteiger partial charge >= 0.3 is 0 Å². The Labute approximate surface area is 134 Å². The minimum Gasteiger partial charge on any atom is -0.328 e. The summed E-state index contributed by atoms with van der Waals surface area (Å²) in [6.45, 7) is 9.55. The number of amides is 1. The van der Waals surface area contributed by atoms with Crippen molar-refractivity contribution >= 4 is 23.4 Å². The molecule has 0 aromatic carbocycles. The topological polar surface area (TPSA) is 32.3 Å². The third kappa shape index (κ3) is 7.63. The fourth-order valence-corrected chi connectivity index (χ4v) is 3.27. The molecule has 4 heteroatoms. The molecule has 1 aromatic rings. The lowest BCUT2D eigenvalue weighted by molar-refractivity contribution is -0.105. The van der Waals surface area contributed by atoms with Crippen LogP contribution in [0, 0.1) is 0 Å². The molecule has 1 aromatic heterocycles. The van der Waals surface area contributed by atoms with Gasteiger partial charge in [-0.05, 0) is 37.3 Å². The maximum atomic E-state index is 10.5. The molecule has 0 saturated carbocycles. The summed E-state index contributed by atoms with van der Waals surface area (Å²) >= 11 is 1.65. The third-order valence-electron chi connectivity index (χ3n) is 3.56. The summed E-state index contributed by atoms with van der Waals surface area (Å²) < 4.78 is 0. The third-order valence-corrected chi connectivity index (χ3v) is 4.35. The molecular weight excluding hydrogens is 280 g/mol. The average Bonchev–Trinajstić information content (AvgIpc) is 2.94. The highest BCUT2D eigenvalue weighted by atomic mass is 32.1. The standard InChI is InChI=1S/C15H26N2OS.C2H6/c1-4-6-14(7-5-2)17(3)9-8-13-10-19-11-15(13)16-12-18;1-2/h10-12,14H,4-9H2,1-3H3,(H,16,18);1-2H3. The second kappa shape index (κ2) is 12.8. The smallest absolute Gasteiger partial charge is 0.211 e. The lowest BCUT2D eigenvalue weighted by Crippen LogP contribution is -2.33. The van der Waals surface area contributed by atoms with Crippen molar-refractivity contribution in [2.75, 3.05) is 18.9 Å². The number of anilines is 1. The van der Waals surface area contributed by atoms with Crippen LogP contribution in [0.25, 0.3) is 0 Å². The minimum absolute atomic E-state index is 0.691. The van der Waals surface area contributed by atoms with Crippen LogP contribution in [0.1, 0.15) is 58.9 Å². The number of hydrogen-bond donors (Lipinski definition) is 1. The second-order valence-electron chi connectivity index (χ2n) is 5.03. The van der Waals surface area contributed by atoms with E-state index in [1.165, 1.54) is 31.2 Å². The van der Waals surface area contributed by atoms with Crippen molar-refractivity contribution in [2.24, 2.45) is 0 Å². The first-order chi connectivity index (χ1) is 10.2. The molecule has 3 nitrogen and oxygen atoms in total. The molecule has 21 heavy (non-hydrogen) atoms. The van der Waals surface area contributed by atoms with E-state index in [2.05, 4.69) is 36.5 Å². The molecule has 0 unspecified atom stereocenters. The van der Waals surface area contributed by atoms with E-state index < -0.39 is 0 Å². The van der Waals surface area contributed by atoms with Gasteiger partial charge in [-0.15, -0.1) is 11.3 Å². The number of hydrogen-bond acceptors (Lipinski definition) is 3. The van der Waals surface area contributed by atoms with E-state index in [0.29, 0.717) is 6.04 Å². The van der Waals surface area contributed by atoms with E-state index in [9.17, 15) is 4.79 Å². The Hall–Kier alpha value is -0.870. The van der Waals surface area contributed by atoms with Crippen molar-refractivity contribution < 1.29 is 4.79 Å². The second-order valence-corrected chi connectivity index (χ2v) is 5.78. The van der Waals surface area contributed by atoms with Crippen LogP contribution >= 0.6 is 11.3 Å². The van der Waals surface area contributed by atoms with Crippen molar-refractivity contribution in [1.82, 2.24) is 4.90 Å². The lowest BCUT2D eigenvalue weighted by atomic mass is 10.0. The van der Waals surface area contributed by atoms with Gasteiger partial charge in [0.05, 0.1) is 5.69 Å². The first-order valence-corrected chi connectivity index (χ1v) is 9.12. The Morgan fingerprint density at radius 3 is 2.38 bits per heavy atom. The fourth-order valence-electron chi connectivity index (χ4n) is 2.44. The molecule has 0 saturated heterocycles. The van der Waals surface area contributed by atoms with Crippen molar-refractivity contribution in [3.05, 3.63) is 16.3 Å². The molecule has 0 radical (unpaired) electrons. The Morgan fingerprint density at radius 2 is 1.86 bits per heavy atom. The zero-order valence-electron chi connectivity index (χ0n) is 14.3. The van der Waals surface area contributed by atoms with Crippen molar-refractivity contribution in [2.45, 2.75) is 65.8 Å². The van der Waals surface area contributed by atoms with Gasteiger partial charge in [0, 0.05) is 18.0 Å². The average molecular weight is 313 g/mol. The van der Waals surface area contributed by atoms with Gasteiger partial charge < -0.3 is 10.2 Å². The summed E-state index contributed by atoms with van der Waals surface area (Å²) in [7, 11) is 2.22. The van der Waals surface area contributed by atoms with Gasteiger partial charge in [0.1, 0.15) is 0 Å². The monoisotopic (exact) mass is 312 g/mol. The van der Waals surface area contributed by atoms with Crippen LogP contribution in [0.5, 0.6) is 0 Å². The number of nitrogens with one attached hydrogen (secondary N) is 1. The number of carbonyl (C=O) groups excluding carboxylic acids is 1. The summed E-state index contributed by atoms with van der Waals surface area (Å²) in [5, 5.41) is 6.90. The molecule has 0 aliphatic heterocycles. The van der Waals surface area contributed by atoms with Crippen molar-refractivity contribution in [3.8, 4) is 0 Å². The Kier molecular flexibility index (Phi) is 12.3. The maximum absolute atomic E-state index is 10.5. The maximum Gasteiger partial charge on any atom is 0.211 e. The zero-order chi connectivity index (χ0) is 16.1. The zero-order valence-corrected chi connectivity index (χ0v) is 15.1. The van der Waals surface area contributed by atoms with Crippen LogP contribution in [-0.4, -0.2) is 30.9 Å². The van der Waals surface area contributed by atoms with Gasteiger partial charge in [-0.1, -0.05) is 40.5 Å². The molecule has 1 rings (SSSR count). The number of rotatable bonds is 10. The molecule has 0 atom stereocenters. The first-order valence-electron chi connectivity index (χ1n) is 8.18. The van der Waals surface area contributed by atoms with Crippen LogP contribution in [0.4, 0.5) is 5.69 Å². The molecular formula is C17H32N2OS. The van der Waals surface area contributed by atoms with Crippen LogP contribution in [0.3, 0.4) is 0 Å². The molecule has 0 fully saturated rings. The van der Waals surface area contributed by atoms with Gasteiger partial charge in [-0.2, -0.15) is 0 Å². The molecule has 1 N–H and O–H groups in total. The van der Waals surface area contributed by atoms with Crippen LogP contribution in [0.15, 0.2) is 10.8 Å². The minimum atomic E-state index is 0.691. The van der Waals surface area contributed by atoms with Crippen LogP contribution in [0.2, 0.25) is 0 Å². The van der Waals surface area contributed by atoms with Gasteiger partial charge in [-0.25, -0.2) is 0 Å². The summed E-state index contributed by atoms with van der Waals surface area (Å²) in [4.78, 5) is 13.0. The molecule has 0 spiro atoms. The van der Waals surface area contributed by atoms with Crippen LogP contribution < -0.4 is 5.32 Å². The van der Waals surface area contributed by atoms with Gasteiger partial charge in [0.15, 0.2) is 0 Å². The Bertz CT molecular complexity index is 359. The Balaban J connectivity index is 0.00000191. The van der Waals surface area contributed by atoms with E-state index >= 15 is 0 Å². The van der Waals surface area contributed by atoms with Gasteiger partial charge in [-0.3, -0.25) is 4.79 Å². The molecule has 1 heterocycles.